The van der Waals surface area contributed by atoms with Crippen LogP contribution in [0, 0.1) is 0 Å². The summed E-state index contributed by atoms with van der Waals surface area (Å²) < 4.78 is 1.78. The van der Waals surface area contributed by atoms with E-state index in [1.54, 1.807) is 10.9 Å². The molecule has 0 unspecified atom stereocenters. The molecular weight excluding hydrogens is 268 g/mol. The molecule has 0 spiro atoms. The van der Waals surface area contributed by atoms with E-state index in [0.717, 1.165) is 5.69 Å². The molecule has 0 bridgehead atoms. The van der Waals surface area contributed by atoms with E-state index in [2.05, 4.69) is 58.6 Å². The smallest absolute Gasteiger partial charge is 0.0697 e. The lowest BCUT2D eigenvalue weighted by Gasteiger charge is -2.26. The van der Waals surface area contributed by atoms with Crippen molar-refractivity contribution in [3.63, 3.8) is 0 Å². The van der Waals surface area contributed by atoms with Crippen LogP contribution in [0.3, 0.4) is 0 Å². The Balaban J connectivity index is 1.64. The number of rotatable bonds is 4. The predicted octanol–water partition coefficient (Wildman–Crippen LogP) is 2.81. The third-order valence-corrected chi connectivity index (χ3v) is 4.94. The van der Waals surface area contributed by atoms with Crippen LogP contribution in [0.5, 0.6) is 0 Å². The number of nitrogens with one attached hydrogen (secondary N) is 1. The van der Waals surface area contributed by atoms with Crippen LogP contribution < -0.4 is 5.32 Å². The van der Waals surface area contributed by atoms with Gasteiger partial charge in [0.05, 0.1) is 18.1 Å². The fraction of sp³-hybridized carbons (Fsp3) is 0.467. The topological polar surface area (TPSA) is 42.7 Å². The molecule has 1 N–H and O–H groups in total. The zero-order valence-electron chi connectivity index (χ0n) is 11.7. The monoisotopic (exact) mass is 288 g/mol. The molecule has 0 aliphatic carbocycles. The second-order valence-corrected chi connectivity index (χ2v) is 6.39. The summed E-state index contributed by atoms with van der Waals surface area (Å²) in [5.74, 6) is 2.56. The van der Waals surface area contributed by atoms with Gasteiger partial charge in [0.25, 0.3) is 0 Å². The van der Waals surface area contributed by atoms with Crippen molar-refractivity contribution in [1.82, 2.24) is 20.3 Å². The maximum Gasteiger partial charge on any atom is 0.0697 e. The molecule has 2 aromatic rings. The molecule has 4 nitrogen and oxygen atoms in total. The van der Waals surface area contributed by atoms with E-state index >= 15 is 0 Å². The fourth-order valence-corrected chi connectivity index (χ4v) is 3.67. The van der Waals surface area contributed by atoms with Gasteiger partial charge in [-0.25, -0.2) is 4.68 Å². The number of nitrogens with zero attached hydrogens (tertiary/aromatic N) is 3. The van der Waals surface area contributed by atoms with Crippen LogP contribution >= 0.6 is 11.8 Å². The summed E-state index contributed by atoms with van der Waals surface area (Å²) in [6.45, 7) is 2.24. The van der Waals surface area contributed by atoms with Gasteiger partial charge in [-0.2, -0.15) is 11.8 Å². The van der Waals surface area contributed by atoms with Crippen LogP contribution in [0.1, 0.15) is 31.4 Å². The zero-order chi connectivity index (χ0) is 13.8. The summed E-state index contributed by atoms with van der Waals surface area (Å²) in [7, 11) is 0. The molecule has 0 radical (unpaired) electrons. The molecule has 3 rings (SSSR count). The van der Waals surface area contributed by atoms with E-state index in [1.807, 2.05) is 6.20 Å². The van der Waals surface area contributed by atoms with E-state index in [1.165, 1.54) is 29.9 Å². The van der Waals surface area contributed by atoms with Gasteiger partial charge in [0.2, 0.25) is 0 Å². The van der Waals surface area contributed by atoms with Gasteiger partial charge in [0, 0.05) is 17.8 Å². The number of aromatic nitrogens is 3. The van der Waals surface area contributed by atoms with Gasteiger partial charge in [0.1, 0.15) is 0 Å². The quantitative estimate of drug-likeness (QED) is 0.939. The Bertz CT molecular complexity index is 517. The normalized spacial score (nSPS) is 20.8. The second kappa shape index (κ2) is 6.41. The largest absolute Gasteiger partial charge is 0.307 e. The Hall–Kier alpha value is -1.33. The van der Waals surface area contributed by atoms with Gasteiger partial charge in [-0.15, -0.1) is 5.10 Å². The number of thioether (sulfide) groups is 1. The first-order chi connectivity index (χ1) is 9.83. The number of hydrogen-bond acceptors (Lipinski definition) is 4. The Labute approximate surface area is 124 Å². The van der Waals surface area contributed by atoms with Crippen LogP contribution in [0.25, 0.3) is 5.69 Å². The first-order valence-electron chi connectivity index (χ1n) is 7.13. The molecule has 2 heterocycles. The summed E-state index contributed by atoms with van der Waals surface area (Å²) in [5.41, 5.74) is 2.37. The first-order valence-corrected chi connectivity index (χ1v) is 8.29. The molecule has 1 saturated heterocycles. The number of hydrogen-bond donors (Lipinski definition) is 1. The highest BCUT2D eigenvalue weighted by atomic mass is 32.2. The highest BCUT2D eigenvalue weighted by Crippen LogP contribution is 2.21. The van der Waals surface area contributed by atoms with Gasteiger partial charge < -0.3 is 5.32 Å². The number of benzene rings is 1. The van der Waals surface area contributed by atoms with Gasteiger partial charge in [-0.3, -0.25) is 0 Å². The summed E-state index contributed by atoms with van der Waals surface area (Å²) in [6, 6.07) is 9.58. The standard InChI is InChI=1S/C15H20N4S/c1-12(17-14-3-2-10-20-11-14)13-4-6-15(7-5-13)19-9-8-16-18-19/h4-9,12,14,17H,2-3,10-11H2,1H3/t12-,14+/m0/s1. The summed E-state index contributed by atoms with van der Waals surface area (Å²) in [4.78, 5) is 0. The molecule has 0 saturated carbocycles. The van der Waals surface area contributed by atoms with Crippen molar-refractivity contribution in [2.75, 3.05) is 11.5 Å². The zero-order valence-corrected chi connectivity index (χ0v) is 12.5. The van der Waals surface area contributed by atoms with Gasteiger partial charge in [-0.05, 0) is 43.2 Å². The summed E-state index contributed by atoms with van der Waals surface area (Å²) in [6.07, 6.45) is 6.18. The Kier molecular flexibility index (Phi) is 4.38. The summed E-state index contributed by atoms with van der Waals surface area (Å²) >= 11 is 2.06. The fourth-order valence-electron chi connectivity index (χ4n) is 2.58. The maximum atomic E-state index is 4.00. The molecule has 1 aromatic carbocycles. The van der Waals surface area contributed by atoms with E-state index in [9.17, 15) is 0 Å². The van der Waals surface area contributed by atoms with E-state index < -0.39 is 0 Å². The molecule has 1 aliphatic heterocycles. The third kappa shape index (κ3) is 3.22. The Morgan fingerprint density at radius 3 is 2.85 bits per heavy atom. The van der Waals surface area contributed by atoms with Crippen molar-refractivity contribution < 1.29 is 0 Å². The van der Waals surface area contributed by atoms with Crippen molar-refractivity contribution in [3.05, 3.63) is 42.2 Å². The third-order valence-electron chi connectivity index (χ3n) is 3.73. The van der Waals surface area contributed by atoms with Crippen LogP contribution in [0.15, 0.2) is 36.7 Å². The summed E-state index contributed by atoms with van der Waals surface area (Å²) in [5, 5.41) is 11.6. The van der Waals surface area contributed by atoms with Crippen molar-refractivity contribution in [2.24, 2.45) is 0 Å². The van der Waals surface area contributed by atoms with Crippen LogP contribution in [0.4, 0.5) is 0 Å². The van der Waals surface area contributed by atoms with E-state index in [4.69, 9.17) is 0 Å². The lowest BCUT2D eigenvalue weighted by molar-refractivity contribution is 0.452. The lowest BCUT2D eigenvalue weighted by atomic mass is 10.1. The molecule has 1 aliphatic rings. The lowest BCUT2D eigenvalue weighted by Crippen LogP contribution is -2.35. The van der Waals surface area contributed by atoms with Crippen LogP contribution in [-0.4, -0.2) is 32.5 Å². The predicted molar refractivity (Wildman–Crippen MR) is 83.3 cm³/mol. The van der Waals surface area contributed by atoms with Crippen molar-refractivity contribution in [3.8, 4) is 5.69 Å². The molecule has 5 heteroatoms. The van der Waals surface area contributed by atoms with Crippen LogP contribution in [0.2, 0.25) is 0 Å². The first kappa shape index (κ1) is 13.6. The Morgan fingerprint density at radius 2 is 2.20 bits per heavy atom. The average Bonchev–Trinajstić information content (AvgIpc) is 3.03. The van der Waals surface area contributed by atoms with Crippen molar-refractivity contribution >= 4 is 11.8 Å². The molecule has 20 heavy (non-hydrogen) atoms. The Morgan fingerprint density at radius 1 is 1.35 bits per heavy atom. The molecule has 1 fully saturated rings. The highest BCUT2D eigenvalue weighted by molar-refractivity contribution is 7.99. The molecule has 1 aromatic heterocycles. The SMILES string of the molecule is C[C@H](N[C@@H]1CCCSC1)c1ccc(-n2ccnn2)cc1. The highest BCUT2D eigenvalue weighted by Gasteiger charge is 2.16. The van der Waals surface area contributed by atoms with Gasteiger partial charge in [-0.1, -0.05) is 17.3 Å². The van der Waals surface area contributed by atoms with Crippen LogP contribution in [-0.2, 0) is 0 Å². The minimum absolute atomic E-state index is 0.392. The van der Waals surface area contributed by atoms with Crippen molar-refractivity contribution in [1.29, 1.82) is 0 Å². The average molecular weight is 288 g/mol. The minimum Gasteiger partial charge on any atom is -0.307 e. The molecular formula is C15H20N4S. The molecule has 0 amide bonds. The molecule has 106 valence electrons. The van der Waals surface area contributed by atoms with Gasteiger partial charge >= 0.3 is 0 Å². The van der Waals surface area contributed by atoms with Crippen molar-refractivity contribution in [2.45, 2.75) is 31.8 Å². The molecule has 2 atom stereocenters. The van der Waals surface area contributed by atoms with E-state index in [-0.39, 0.29) is 0 Å². The second-order valence-electron chi connectivity index (χ2n) is 5.24. The maximum absolute atomic E-state index is 4.00. The minimum atomic E-state index is 0.392. The van der Waals surface area contributed by atoms with Gasteiger partial charge in [0.15, 0.2) is 0 Å². The van der Waals surface area contributed by atoms with E-state index in [0.29, 0.717) is 12.1 Å².